The summed E-state index contributed by atoms with van der Waals surface area (Å²) in [5.41, 5.74) is 0.691. The minimum absolute atomic E-state index is 0.225. The molecule has 0 unspecified atom stereocenters. The number of hydrogen-bond acceptors (Lipinski definition) is 4. The molecule has 0 aliphatic carbocycles. The molecule has 1 N–H and O–H groups in total. The molecule has 0 amide bonds. The van der Waals surface area contributed by atoms with Crippen LogP contribution in [0.4, 0.5) is 0 Å². The van der Waals surface area contributed by atoms with E-state index >= 15 is 0 Å². The van der Waals surface area contributed by atoms with Crippen molar-refractivity contribution in [3.63, 3.8) is 0 Å². The third-order valence-electron chi connectivity index (χ3n) is 2.00. The fourth-order valence-electron chi connectivity index (χ4n) is 1.27. The number of nitrogens with one attached hydrogen (secondary N) is 1. The summed E-state index contributed by atoms with van der Waals surface area (Å²) in [6.07, 6.45) is 4.00. The summed E-state index contributed by atoms with van der Waals surface area (Å²) < 4.78 is 9.90. The summed E-state index contributed by atoms with van der Waals surface area (Å²) in [6, 6.07) is 3.70. The first-order valence-electron chi connectivity index (χ1n) is 4.48. The highest BCUT2D eigenvalue weighted by molar-refractivity contribution is 5.90. The van der Waals surface area contributed by atoms with Gasteiger partial charge in [-0.25, -0.2) is 4.79 Å². The molecule has 14 heavy (non-hydrogen) atoms. The van der Waals surface area contributed by atoms with E-state index in [1.165, 1.54) is 0 Å². The van der Waals surface area contributed by atoms with E-state index in [0.29, 0.717) is 25.1 Å². The van der Waals surface area contributed by atoms with E-state index < -0.39 is 0 Å². The van der Waals surface area contributed by atoms with E-state index in [9.17, 15) is 4.79 Å². The molecule has 0 atom stereocenters. The molecule has 1 aromatic heterocycles. The van der Waals surface area contributed by atoms with E-state index in [1.807, 2.05) is 12.1 Å². The quantitative estimate of drug-likeness (QED) is 0.579. The highest BCUT2D eigenvalue weighted by Crippen LogP contribution is 2.11. The van der Waals surface area contributed by atoms with Crippen molar-refractivity contribution in [3.8, 4) is 0 Å². The molecule has 4 heteroatoms. The fraction of sp³-hybridized carbons (Fsp3) is 0.300. The number of rotatable bonds is 3. The van der Waals surface area contributed by atoms with E-state index in [4.69, 9.17) is 9.15 Å². The summed E-state index contributed by atoms with van der Waals surface area (Å²) in [5.74, 6) is 0.616. The smallest absolute Gasteiger partial charge is 0.335 e. The fourth-order valence-corrected chi connectivity index (χ4v) is 1.27. The molecule has 0 aromatic carbocycles. The molecule has 0 saturated carbocycles. The van der Waals surface area contributed by atoms with E-state index in [-0.39, 0.29) is 5.97 Å². The van der Waals surface area contributed by atoms with Crippen LogP contribution in [0.15, 0.2) is 34.6 Å². The summed E-state index contributed by atoms with van der Waals surface area (Å²) in [5, 5.41) is 3.00. The maximum absolute atomic E-state index is 11.0. The van der Waals surface area contributed by atoms with Crippen molar-refractivity contribution < 1.29 is 13.9 Å². The molecule has 74 valence electrons. The minimum Gasteiger partial charge on any atom is -0.467 e. The van der Waals surface area contributed by atoms with Gasteiger partial charge in [0.15, 0.2) is 0 Å². The highest BCUT2D eigenvalue weighted by Gasteiger charge is 2.17. The van der Waals surface area contributed by atoms with Crippen LogP contribution in [-0.2, 0) is 16.1 Å². The van der Waals surface area contributed by atoms with Crippen molar-refractivity contribution in [1.29, 1.82) is 0 Å². The Balaban J connectivity index is 1.85. The largest absolute Gasteiger partial charge is 0.467 e. The van der Waals surface area contributed by atoms with Crippen molar-refractivity contribution >= 4 is 5.97 Å². The Labute approximate surface area is 81.5 Å². The Hall–Kier alpha value is -1.71. The van der Waals surface area contributed by atoms with Crippen molar-refractivity contribution in [3.05, 3.63) is 35.9 Å². The normalized spacial score (nSPS) is 18.6. The lowest BCUT2D eigenvalue weighted by Crippen LogP contribution is -2.07. The molecule has 1 saturated heterocycles. The van der Waals surface area contributed by atoms with E-state index in [1.54, 1.807) is 12.5 Å². The number of carbonyl (C=O) groups is 1. The van der Waals surface area contributed by atoms with Gasteiger partial charge in [0, 0.05) is 12.6 Å². The van der Waals surface area contributed by atoms with Gasteiger partial charge in [0.1, 0.15) is 5.76 Å². The SMILES string of the molecule is O=C1OCCC1=CNCc1ccco1. The average molecular weight is 193 g/mol. The first kappa shape index (κ1) is 8.87. The van der Waals surface area contributed by atoms with Gasteiger partial charge in [-0.05, 0) is 12.1 Å². The predicted molar refractivity (Wildman–Crippen MR) is 49.2 cm³/mol. The molecule has 0 radical (unpaired) electrons. The molecule has 1 fully saturated rings. The molecule has 2 heterocycles. The van der Waals surface area contributed by atoms with Gasteiger partial charge >= 0.3 is 5.97 Å². The third-order valence-corrected chi connectivity index (χ3v) is 2.00. The minimum atomic E-state index is -0.225. The van der Waals surface area contributed by atoms with Crippen LogP contribution in [0, 0.1) is 0 Å². The van der Waals surface area contributed by atoms with E-state index in [2.05, 4.69) is 5.32 Å². The second kappa shape index (κ2) is 4.00. The molecule has 1 aromatic rings. The molecule has 0 bridgehead atoms. The Kier molecular flexibility index (Phi) is 2.53. The van der Waals surface area contributed by atoms with Gasteiger partial charge < -0.3 is 14.5 Å². The number of ether oxygens (including phenoxy) is 1. The Morgan fingerprint density at radius 2 is 2.50 bits per heavy atom. The summed E-state index contributed by atoms with van der Waals surface area (Å²) >= 11 is 0. The lowest BCUT2D eigenvalue weighted by atomic mass is 10.2. The topological polar surface area (TPSA) is 51.5 Å². The first-order chi connectivity index (χ1) is 6.86. The summed E-state index contributed by atoms with van der Waals surface area (Å²) in [6.45, 7) is 1.08. The number of hydrogen-bond donors (Lipinski definition) is 1. The van der Waals surface area contributed by atoms with Crippen LogP contribution in [0.25, 0.3) is 0 Å². The van der Waals surface area contributed by atoms with Gasteiger partial charge in [-0.15, -0.1) is 0 Å². The van der Waals surface area contributed by atoms with Crippen LogP contribution in [0.1, 0.15) is 12.2 Å². The van der Waals surface area contributed by atoms with Gasteiger partial charge in [0.05, 0.1) is 25.0 Å². The molecule has 4 nitrogen and oxygen atoms in total. The number of furan rings is 1. The van der Waals surface area contributed by atoms with Gasteiger partial charge in [-0.2, -0.15) is 0 Å². The molecule has 0 spiro atoms. The number of cyclic esters (lactones) is 1. The van der Waals surface area contributed by atoms with E-state index in [0.717, 1.165) is 5.76 Å². The second-order valence-electron chi connectivity index (χ2n) is 3.02. The van der Waals surface area contributed by atoms with Gasteiger partial charge in [0.2, 0.25) is 0 Å². The molecular formula is C10H11NO3. The zero-order valence-electron chi connectivity index (χ0n) is 7.66. The summed E-state index contributed by atoms with van der Waals surface area (Å²) in [4.78, 5) is 11.0. The average Bonchev–Trinajstić information content (AvgIpc) is 2.78. The summed E-state index contributed by atoms with van der Waals surface area (Å²) in [7, 11) is 0. The Morgan fingerprint density at radius 1 is 1.57 bits per heavy atom. The highest BCUT2D eigenvalue weighted by atomic mass is 16.5. The van der Waals surface area contributed by atoms with Crippen molar-refractivity contribution in [1.82, 2.24) is 5.32 Å². The number of carbonyl (C=O) groups excluding carboxylic acids is 1. The standard InChI is InChI=1S/C10H11NO3/c12-10-8(3-5-14-10)6-11-7-9-2-1-4-13-9/h1-2,4,6,11H,3,5,7H2. The van der Waals surface area contributed by atoms with Crippen LogP contribution in [-0.4, -0.2) is 12.6 Å². The van der Waals surface area contributed by atoms with Gasteiger partial charge in [-0.3, -0.25) is 0 Å². The van der Waals surface area contributed by atoms with Crippen LogP contribution in [0.5, 0.6) is 0 Å². The maximum atomic E-state index is 11.0. The van der Waals surface area contributed by atoms with Crippen LogP contribution in [0.2, 0.25) is 0 Å². The number of esters is 1. The molecule has 1 aliphatic heterocycles. The first-order valence-corrected chi connectivity index (χ1v) is 4.48. The lowest BCUT2D eigenvalue weighted by Gasteiger charge is -1.97. The molecule has 1 aliphatic rings. The molecular weight excluding hydrogens is 182 g/mol. The van der Waals surface area contributed by atoms with Crippen LogP contribution in [0.3, 0.4) is 0 Å². The monoisotopic (exact) mass is 193 g/mol. The molecule has 2 rings (SSSR count). The van der Waals surface area contributed by atoms with Crippen LogP contribution < -0.4 is 5.32 Å². The predicted octanol–water partition coefficient (Wildman–Crippen LogP) is 1.20. The van der Waals surface area contributed by atoms with Crippen LogP contribution >= 0.6 is 0 Å². The van der Waals surface area contributed by atoms with Gasteiger partial charge in [-0.1, -0.05) is 0 Å². The lowest BCUT2D eigenvalue weighted by molar-refractivity contribution is -0.135. The Morgan fingerprint density at radius 3 is 3.14 bits per heavy atom. The third kappa shape index (κ3) is 1.96. The maximum Gasteiger partial charge on any atom is 0.335 e. The zero-order valence-corrected chi connectivity index (χ0v) is 7.66. The zero-order chi connectivity index (χ0) is 9.80. The second-order valence-corrected chi connectivity index (χ2v) is 3.02. The van der Waals surface area contributed by atoms with Gasteiger partial charge in [0.25, 0.3) is 0 Å². The van der Waals surface area contributed by atoms with Crippen molar-refractivity contribution in [2.75, 3.05) is 6.61 Å². The van der Waals surface area contributed by atoms with Crippen molar-refractivity contribution in [2.24, 2.45) is 0 Å². The van der Waals surface area contributed by atoms with Crippen molar-refractivity contribution in [2.45, 2.75) is 13.0 Å². The Bertz CT molecular complexity index is 340.